The third-order valence-corrected chi connectivity index (χ3v) is 7.20. The fourth-order valence-corrected chi connectivity index (χ4v) is 4.73. The zero-order chi connectivity index (χ0) is 21.2. The van der Waals surface area contributed by atoms with Crippen molar-refractivity contribution in [2.45, 2.75) is 30.4 Å². The number of methoxy groups -OCH3 is 2. The predicted molar refractivity (Wildman–Crippen MR) is 109 cm³/mol. The van der Waals surface area contributed by atoms with Crippen LogP contribution in [-0.2, 0) is 16.7 Å². The maximum Gasteiger partial charge on any atom is 0.254 e. The Morgan fingerprint density at radius 2 is 1.93 bits per heavy atom. The van der Waals surface area contributed by atoms with Crippen LogP contribution in [0.4, 0.5) is 0 Å². The van der Waals surface area contributed by atoms with Crippen molar-refractivity contribution in [1.29, 1.82) is 0 Å². The lowest BCUT2D eigenvalue weighted by atomic mass is 10.0. The van der Waals surface area contributed by atoms with Crippen LogP contribution in [0.5, 0.6) is 11.5 Å². The molecule has 9 heteroatoms. The van der Waals surface area contributed by atoms with Crippen LogP contribution < -0.4 is 19.9 Å². The van der Waals surface area contributed by atoms with Crippen molar-refractivity contribution in [3.8, 4) is 11.5 Å². The van der Waals surface area contributed by atoms with Crippen molar-refractivity contribution >= 4 is 10.0 Å². The molecule has 158 valence electrons. The molecule has 1 aromatic carbocycles. The van der Waals surface area contributed by atoms with Gasteiger partial charge < -0.3 is 14.4 Å². The first-order valence-corrected chi connectivity index (χ1v) is 10.9. The normalized spacial score (nSPS) is 19.5. The fraction of sp³-hybridized carbons (Fsp3) is 0.450. The Balaban J connectivity index is 1.94. The van der Waals surface area contributed by atoms with Crippen LogP contribution in [-0.4, -0.2) is 52.1 Å². The molecule has 0 bridgehead atoms. The van der Waals surface area contributed by atoms with Crippen molar-refractivity contribution in [2.24, 2.45) is 0 Å². The van der Waals surface area contributed by atoms with E-state index in [0.717, 1.165) is 40.8 Å². The largest absolute Gasteiger partial charge is 0.497 e. The zero-order valence-corrected chi connectivity index (χ0v) is 18.0. The minimum Gasteiger partial charge on any atom is -0.497 e. The van der Waals surface area contributed by atoms with E-state index in [-0.39, 0.29) is 16.5 Å². The van der Waals surface area contributed by atoms with Gasteiger partial charge in [-0.05, 0) is 24.3 Å². The minimum absolute atomic E-state index is 0.108. The van der Waals surface area contributed by atoms with Gasteiger partial charge >= 0.3 is 0 Å². The van der Waals surface area contributed by atoms with Crippen molar-refractivity contribution < 1.29 is 22.8 Å². The lowest BCUT2D eigenvalue weighted by molar-refractivity contribution is -0.940. The van der Waals surface area contributed by atoms with Crippen molar-refractivity contribution in [2.75, 3.05) is 34.9 Å². The first kappa shape index (κ1) is 21.4. The van der Waals surface area contributed by atoms with E-state index in [2.05, 4.69) is 0 Å². The predicted octanol–water partition coefficient (Wildman–Crippen LogP) is 0.493. The molecule has 0 saturated carbocycles. The van der Waals surface area contributed by atoms with Crippen LogP contribution in [0.15, 0.2) is 46.2 Å². The SMILES string of the molecule is COc1ccc(OC)c([C@@H]2CCC[NH+]2Cn2cc(S(=O)(=O)N(C)C)ccc2=O)c1. The quantitative estimate of drug-likeness (QED) is 0.703. The molecule has 29 heavy (non-hydrogen) atoms. The molecule has 1 aromatic heterocycles. The van der Waals surface area contributed by atoms with Gasteiger partial charge in [0.25, 0.3) is 5.56 Å². The van der Waals surface area contributed by atoms with E-state index < -0.39 is 10.0 Å². The standard InChI is InChI=1S/C20H27N3O5S/c1-21(2)29(25,26)16-8-10-20(24)23(13-16)14-22-11-5-6-18(22)17-12-15(27-3)7-9-19(17)28-4/h7-10,12-13,18H,5-6,11,14H2,1-4H3/p+1/t18-/m0/s1. The topological polar surface area (TPSA) is 82.3 Å². The molecule has 0 aliphatic carbocycles. The van der Waals surface area contributed by atoms with Gasteiger partial charge in [-0.2, -0.15) is 0 Å². The molecule has 1 N–H and O–H groups in total. The van der Waals surface area contributed by atoms with Crippen molar-refractivity contribution in [3.63, 3.8) is 0 Å². The molecule has 2 atom stereocenters. The molecule has 2 aromatic rings. The van der Waals surface area contributed by atoms with Crippen LogP contribution in [0.25, 0.3) is 0 Å². The van der Waals surface area contributed by atoms with E-state index in [1.807, 2.05) is 18.2 Å². The van der Waals surface area contributed by atoms with Crippen LogP contribution >= 0.6 is 0 Å². The number of hydrogen-bond donors (Lipinski definition) is 1. The Morgan fingerprint density at radius 3 is 2.59 bits per heavy atom. The Hall–Kier alpha value is -2.36. The first-order valence-electron chi connectivity index (χ1n) is 9.47. The number of rotatable bonds is 7. The summed E-state index contributed by atoms with van der Waals surface area (Å²) in [4.78, 5) is 13.7. The number of aromatic nitrogens is 1. The van der Waals surface area contributed by atoms with Gasteiger partial charge in [0, 0.05) is 39.2 Å². The highest BCUT2D eigenvalue weighted by molar-refractivity contribution is 7.89. The Morgan fingerprint density at radius 1 is 1.17 bits per heavy atom. The van der Waals surface area contributed by atoms with Crippen LogP contribution in [0.3, 0.4) is 0 Å². The molecular formula is C20H28N3O5S+. The number of likely N-dealkylation sites (tertiary alicyclic amines) is 1. The summed E-state index contributed by atoms with van der Waals surface area (Å²) < 4.78 is 38.4. The van der Waals surface area contributed by atoms with E-state index >= 15 is 0 Å². The van der Waals surface area contributed by atoms with Gasteiger partial charge in [-0.15, -0.1) is 0 Å². The molecule has 1 unspecified atom stereocenters. The molecule has 1 saturated heterocycles. The van der Waals surface area contributed by atoms with Crippen LogP contribution in [0.2, 0.25) is 0 Å². The molecule has 1 aliphatic rings. The number of ether oxygens (including phenoxy) is 2. The summed E-state index contributed by atoms with van der Waals surface area (Å²) >= 11 is 0. The molecular weight excluding hydrogens is 394 g/mol. The van der Waals surface area contributed by atoms with Gasteiger partial charge in [-0.25, -0.2) is 12.7 Å². The molecule has 0 spiro atoms. The first-order chi connectivity index (χ1) is 13.8. The molecule has 1 aliphatic heterocycles. The monoisotopic (exact) mass is 422 g/mol. The van der Waals surface area contributed by atoms with Gasteiger partial charge in [0.1, 0.15) is 17.5 Å². The van der Waals surface area contributed by atoms with E-state index in [1.54, 1.807) is 14.2 Å². The van der Waals surface area contributed by atoms with E-state index in [1.165, 1.54) is 41.9 Å². The van der Waals surface area contributed by atoms with E-state index in [9.17, 15) is 13.2 Å². The summed E-state index contributed by atoms with van der Waals surface area (Å²) in [7, 11) is 2.61. The summed E-state index contributed by atoms with van der Waals surface area (Å²) in [5.74, 6) is 1.54. The smallest absolute Gasteiger partial charge is 0.254 e. The Kier molecular flexibility index (Phi) is 6.30. The number of pyridine rings is 1. The number of hydrogen-bond acceptors (Lipinski definition) is 5. The maximum atomic E-state index is 12.4. The lowest BCUT2D eigenvalue weighted by Crippen LogP contribution is -3.09. The summed E-state index contributed by atoms with van der Waals surface area (Å²) in [5.41, 5.74) is 0.808. The van der Waals surface area contributed by atoms with Gasteiger partial charge in [-0.3, -0.25) is 9.36 Å². The summed E-state index contributed by atoms with van der Waals surface area (Å²) in [6.07, 6.45) is 3.39. The van der Waals surface area contributed by atoms with Crippen LogP contribution in [0.1, 0.15) is 24.4 Å². The number of quaternary nitrogens is 1. The minimum atomic E-state index is -3.61. The lowest BCUT2D eigenvalue weighted by Gasteiger charge is -2.24. The fourth-order valence-electron chi connectivity index (χ4n) is 3.80. The molecule has 0 amide bonds. The molecule has 0 radical (unpaired) electrons. The van der Waals surface area contributed by atoms with Gasteiger partial charge in [0.15, 0.2) is 6.67 Å². The van der Waals surface area contributed by atoms with Crippen LogP contribution in [0, 0.1) is 0 Å². The number of benzene rings is 1. The summed E-state index contributed by atoms with van der Waals surface area (Å²) in [6.45, 7) is 1.25. The second-order valence-corrected chi connectivity index (χ2v) is 9.48. The number of nitrogens with zero attached hydrogens (tertiary/aromatic N) is 2. The zero-order valence-electron chi connectivity index (χ0n) is 17.2. The Labute approximate surface area is 171 Å². The number of sulfonamides is 1. The van der Waals surface area contributed by atoms with Gasteiger partial charge in [0.2, 0.25) is 10.0 Å². The van der Waals surface area contributed by atoms with Gasteiger partial charge in [-0.1, -0.05) is 0 Å². The van der Waals surface area contributed by atoms with Crippen molar-refractivity contribution in [1.82, 2.24) is 8.87 Å². The summed E-state index contributed by atoms with van der Waals surface area (Å²) in [6, 6.07) is 8.52. The molecule has 1 fully saturated rings. The average Bonchev–Trinajstić information content (AvgIpc) is 3.16. The third kappa shape index (κ3) is 4.31. The highest BCUT2D eigenvalue weighted by Gasteiger charge is 2.33. The highest BCUT2D eigenvalue weighted by atomic mass is 32.2. The summed E-state index contributed by atoms with van der Waals surface area (Å²) in [5, 5.41) is 0. The number of nitrogens with one attached hydrogen (secondary N) is 1. The maximum absolute atomic E-state index is 12.4. The van der Waals surface area contributed by atoms with Gasteiger partial charge in [0.05, 0.1) is 31.2 Å². The van der Waals surface area contributed by atoms with Crippen molar-refractivity contribution in [3.05, 3.63) is 52.4 Å². The average molecular weight is 423 g/mol. The Bertz CT molecular complexity index is 1030. The second kappa shape index (κ2) is 8.56. The second-order valence-electron chi connectivity index (χ2n) is 7.33. The molecule has 2 heterocycles. The third-order valence-electron chi connectivity index (χ3n) is 5.40. The molecule has 3 rings (SSSR count). The van der Waals surface area contributed by atoms with E-state index in [0.29, 0.717) is 6.67 Å². The van der Waals surface area contributed by atoms with E-state index in [4.69, 9.17) is 9.47 Å². The highest BCUT2D eigenvalue weighted by Crippen LogP contribution is 2.31. The molecule has 8 nitrogen and oxygen atoms in total.